The molecule has 14 heteroatoms. The molecule has 0 unspecified atom stereocenters. The van der Waals surface area contributed by atoms with E-state index < -0.39 is 63.9 Å². The molecule has 2 aliphatic rings. The maximum absolute atomic E-state index is 13.7. The first kappa shape index (κ1) is 31.8. The number of nitro groups is 1. The van der Waals surface area contributed by atoms with E-state index in [1.165, 1.54) is 18.2 Å². The van der Waals surface area contributed by atoms with E-state index in [0.717, 1.165) is 11.6 Å². The summed E-state index contributed by atoms with van der Waals surface area (Å²) in [7, 11) is -4.46. The Bertz CT molecular complexity index is 1310. The molecule has 0 spiro atoms. The molecule has 4 rings (SSSR count). The van der Waals surface area contributed by atoms with E-state index in [-0.39, 0.29) is 23.8 Å². The number of sulfonamides is 1. The number of alkyl carbamates (subject to hydrolysis) is 1. The van der Waals surface area contributed by atoms with Gasteiger partial charge in [-0.3, -0.25) is 15.0 Å². The summed E-state index contributed by atoms with van der Waals surface area (Å²) in [5.74, 6) is -0.0859. The van der Waals surface area contributed by atoms with E-state index in [2.05, 4.69) is 5.32 Å². The van der Waals surface area contributed by atoms with Crippen molar-refractivity contribution in [3.05, 3.63) is 70.3 Å². The third-order valence-corrected chi connectivity index (χ3v) is 9.04. The molecule has 5 atom stereocenters. The lowest BCUT2D eigenvalue weighted by molar-refractivity contribution is -0.385. The number of carbonyl (C=O) groups excluding carboxylic acids is 1. The van der Waals surface area contributed by atoms with Crippen LogP contribution in [0.5, 0.6) is 0 Å². The van der Waals surface area contributed by atoms with Crippen LogP contribution >= 0.6 is 0 Å². The van der Waals surface area contributed by atoms with E-state index in [4.69, 9.17) is 19.0 Å². The van der Waals surface area contributed by atoms with Gasteiger partial charge >= 0.3 is 6.09 Å². The van der Waals surface area contributed by atoms with Crippen LogP contribution in [0.15, 0.2) is 59.5 Å². The second-order valence-electron chi connectivity index (χ2n) is 10.3. The first-order valence-electron chi connectivity index (χ1n) is 14.0. The molecular formula is C28H37N3O10S. The van der Waals surface area contributed by atoms with Crippen molar-refractivity contribution in [2.75, 3.05) is 19.8 Å². The summed E-state index contributed by atoms with van der Waals surface area (Å²) in [5, 5.41) is 25.4. The number of benzene rings is 2. The first-order valence-corrected chi connectivity index (χ1v) is 15.4. The molecule has 0 aliphatic carbocycles. The maximum atomic E-state index is 13.7. The Morgan fingerprint density at radius 3 is 2.60 bits per heavy atom. The van der Waals surface area contributed by atoms with Crippen LogP contribution in [0.4, 0.5) is 10.5 Å². The van der Waals surface area contributed by atoms with Crippen molar-refractivity contribution in [2.45, 2.75) is 75.1 Å². The number of rotatable bonds is 14. The minimum atomic E-state index is -4.46. The Morgan fingerprint density at radius 2 is 1.90 bits per heavy atom. The molecule has 2 N–H and O–H groups in total. The molecule has 42 heavy (non-hydrogen) atoms. The lowest BCUT2D eigenvalue weighted by Gasteiger charge is -2.31. The van der Waals surface area contributed by atoms with Gasteiger partial charge in [0.1, 0.15) is 6.10 Å². The van der Waals surface area contributed by atoms with E-state index in [9.17, 15) is 28.4 Å². The summed E-state index contributed by atoms with van der Waals surface area (Å²) in [6.07, 6.45) is -1.89. The van der Waals surface area contributed by atoms with Gasteiger partial charge in [-0.15, -0.1) is 0 Å². The Hall–Kier alpha value is -3.14. The summed E-state index contributed by atoms with van der Waals surface area (Å²) < 4.78 is 44.7. The van der Waals surface area contributed by atoms with Gasteiger partial charge in [-0.05, 0) is 37.3 Å². The van der Waals surface area contributed by atoms with Crippen LogP contribution in [0.1, 0.15) is 38.7 Å². The number of non-ortho nitro benzene ring substituents is 1. The van der Waals surface area contributed by atoms with Gasteiger partial charge in [0, 0.05) is 12.1 Å². The maximum Gasteiger partial charge on any atom is 0.407 e. The molecule has 0 radical (unpaired) electrons. The largest absolute Gasteiger partial charge is 0.443 e. The van der Waals surface area contributed by atoms with Gasteiger partial charge in [-0.25, -0.2) is 13.2 Å². The van der Waals surface area contributed by atoms with Gasteiger partial charge < -0.3 is 24.6 Å². The number of hydroxylamine groups is 1. The molecule has 0 bridgehead atoms. The van der Waals surface area contributed by atoms with Gasteiger partial charge in [-0.2, -0.15) is 0 Å². The number of hydrogen-bond donors (Lipinski definition) is 2. The number of nitro benzene ring substituents is 1. The number of amides is 1. The zero-order valence-corrected chi connectivity index (χ0v) is 24.4. The van der Waals surface area contributed by atoms with Crippen molar-refractivity contribution < 1.29 is 42.3 Å². The quantitative estimate of drug-likeness (QED) is 0.241. The molecule has 2 heterocycles. The summed E-state index contributed by atoms with van der Waals surface area (Å²) >= 11 is 0. The average molecular weight is 608 g/mol. The second-order valence-corrected chi connectivity index (χ2v) is 12.1. The highest BCUT2D eigenvalue weighted by molar-refractivity contribution is 7.89. The van der Waals surface area contributed by atoms with Gasteiger partial charge in [0.15, 0.2) is 6.29 Å². The van der Waals surface area contributed by atoms with E-state index in [0.29, 0.717) is 30.3 Å². The highest BCUT2D eigenvalue weighted by Crippen LogP contribution is 2.33. The summed E-state index contributed by atoms with van der Waals surface area (Å²) in [5.41, 5.74) is 0.376. The summed E-state index contributed by atoms with van der Waals surface area (Å²) in [6.45, 7) is 3.78. The van der Waals surface area contributed by atoms with Gasteiger partial charge in [-0.1, -0.05) is 54.7 Å². The van der Waals surface area contributed by atoms with Crippen LogP contribution in [0.25, 0.3) is 0 Å². The number of aliphatic hydroxyl groups is 1. The van der Waals surface area contributed by atoms with Gasteiger partial charge in [0.05, 0.1) is 53.7 Å². The molecule has 0 aromatic heterocycles. The number of carbonyl (C=O) groups is 1. The fourth-order valence-corrected chi connectivity index (χ4v) is 6.32. The molecule has 230 valence electrons. The van der Waals surface area contributed by atoms with Crippen molar-refractivity contribution in [1.29, 1.82) is 0 Å². The highest BCUT2D eigenvalue weighted by atomic mass is 32.2. The Morgan fingerprint density at radius 1 is 1.17 bits per heavy atom. The van der Waals surface area contributed by atoms with Crippen molar-refractivity contribution >= 4 is 21.8 Å². The van der Waals surface area contributed by atoms with Crippen LogP contribution in [-0.4, -0.2) is 79.4 Å². The van der Waals surface area contributed by atoms with Crippen molar-refractivity contribution in [3.63, 3.8) is 0 Å². The molecule has 2 saturated heterocycles. The molecule has 1 amide bonds. The van der Waals surface area contributed by atoms with E-state index in [1.54, 1.807) is 0 Å². The third-order valence-electron chi connectivity index (χ3n) is 7.42. The second kappa shape index (κ2) is 14.4. The Kier molecular flexibility index (Phi) is 10.9. The first-order chi connectivity index (χ1) is 20.1. The van der Waals surface area contributed by atoms with Crippen LogP contribution in [0.2, 0.25) is 0 Å². The highest BCUT2D eigenvalue weighted by Gasteiger charge is 2.44. The Labute approximate surface area is 244 Å². The molecule has 2 aromatic rings. The van der Waals surface area contributed by atoms with Crippen molar-refractivity contribution in [1.82, 2.24) is 9.79 Å². The number of ether oxygens (including phenoxy) is 3. The van der Waals surface area contributed by atoms with E-state index in [1.807, 2.05) is 44.2 Å². The lowest BCUT2D eigenvalue weighted by Crippen LogP contribution is -2.51. The van der Waals surface area contributed by atoms with Crippen LogP contribution in [0.3, 0.4) is 0 Å². The number of fused-ring (bicyclic) bond motifs is 1. The predicted molar refractivity (Wildman–Crippen MR) is 150 cm³/mol. The van der Waals surface area contributed by atoms with Gasteiger partial charge in [0.2, 0.25) is 0 Å². The van der Waals surface area contributed by atoms with Crippen molar-refractivity contribution in [3.8, 4) is 0 Å². The third kappa shape index (κ3) is 7.82. The van der Waals surface area contributed by atoms with Crippen LogP contribution in [-0.2, 0) is 35.5 Å². The number of hydrogen-bond acceptors (Lipinski definition) is 10. The minimum Gasteiger partial charge on any atom is -0.443 e. The zero-order valence-electron chi connectivity index (χ0n) is 23.5. The topological polar surface area (TPSA) is 167 Å². The molecular weight excluding hydrogens is 570 g/mol. The number of nitrogens with one attached hydrogen (secondary N) is 1. The molecule has 2 aromatic carbocycles. The molecule has 2 fully saturated rings. The predicted octanol–water partition coefficient (Wildman–Crippen LogP) is 3.17. The SMILES string of the molecule is CCC(CC)ON(C[C@@H](O)[C@H](Cc1ccccc1)NC(=O)O[C@H]1CO[C@H]2OCC[C@H]21)S(=O)(=O)c1cccc([N+](=O)[O-])c1. The molecule has 0 saturated carbocycles. The lowest BCUT2D eigenvalue weighted by atomic mass is 10.0. The monoisotopic (exact) mass is 607 g/mol. The fraction of sp³-hybridized carbons (Fsp3) is 0.536. The summed E-state index contributed by atoms with van der Waals surface area (Å²) in [6, 6.07) is 12.7. The van der Waals surface area contributed by atoms with Gasteiger partial charge in [0.25, 0.3) is 15.7 Å². The van der Waals surface area contributed by atoms with Crippen LogP contribution in [0, 0.1) is 16.0 Å². The molecule has 2 aliphatic heterocycles. The van der Waals surface area contributed by atoms with Crippen molar-refractivity contribution in [2.24, 2.45) is 5.92 Å². The Balaban J connectivity index is 1.56. The normalized spacial score (nSPS) is 21.7. The zero-order chi connectivity index (χ0) is 30.3. The van der Waals surface area contributed by atoms with E-state index >= 15 is 0 Å². The van der Waals surface area contributed by atoms with Crippen LogP contribution < -0.4 is 5.32 Å². The number of aliphatic hydroxyl groups excluding tert-OH is 1. The summed E-state index contributed by atoms with van der Waals surface area (Å²) in [4.78, 5) is 29.1. The molecule has 13 nitrogen and oxygen atoms in total. The minimum absolute atomic E-state index is 0.0859. The fourth-order valence-electron chi connectivity index (χ4n) is 4.98. The number of nitrogens with zero attached hydrogens (tertiary/aromatic N) is 2. The smallest absolute Gasteiger partial charge is 0.407 e. The average Bonchev–Trinajstić information content (AvgIpc) is 3.60. The standard InChI is InChI=1S/C28H37N3O10S/c1-3-21(4-2)41-30(42(36,37)22-12-8-11-20(16-22)31(34)35)17-25(32)24(15-19-9-6-5-7-10-19)29-28(33)40-26-18-39-27-23(26)13-14-38-27/h5-12,16,21,23-27,32H,3-4,13-15,17-18H2,1-2H3,(H,29,33)/t23-,24-,25+,26-,27+/m0/s1.